The Kier molecular flexibility index (Phi) is 3.94. The molecule has 4 N–H and O–H groups in total. The summed E-state index contributed by atoms with van der Waals surface area (Å²) in [6.07, 6.45) is 5.18. The maximum absolute atomic E-state index is 6.36. The fourth-order valence-electron chi connectivity index (χ4n) is 4.10. The number of ether oxygens (including phenoxy) is 1. The standard InChI is InChI=1S/C19H24N6O/c1-12-6-7-13-14(8-9-15(26-2)16(13)22-12)25-18(21)23-17(20)24-19(25)10-4-3-5-11-19/h6-9H,3-5,10-11H2,1-2H3,(H4,20,21,23,24). The lowest BCUT2D eigenvalue weighted by Gasteiger charge is -2.46. The molecule has 4 rings (SSSR count). The fourth-order valence-corrected chi connectivity index (χ4v) is 4.10. The average molecular weight is 352 g/mol. The van der Waals surface area contributed by atoms with Gasteiger partial charge in [-0.2, -0.15) is 4.99 Å². The smallest absolute Gasteiger partial charge is 0.220 e. The number of nitrogens with two attached hydrogens (primary N) is 2. The predicted molar refractivity (Wildman–Crippen MR) is 105 cm³/mol. The molecule has 2 heterocycles. The van der Waals surface area contributed by atoms with E-state index in [1.54, 1.807) is 7.11 Å². The molecule has 0 atom stereocenters. The Morgan fingerprint density at radius 2 is 1.85 bits per heavy atom. The van der Waals surface area contributed by atoms with Crippen molar-refractivity contribution in [1.82, 2.24) is 4.98 Å². The van der Waals surface area contributed by atoms with Crippen molar-refractivity contribution in [3.63, 3.8) is 0 Å². The summed E-state index contributed by atoms with van der Waals surface area (Å²) >= 11 is 0. The topological polar surface area (TPSA) is 102 Å². The summed E-state index contributed by atoms with van der Waals surface area (Å²) in [4.78, 5) is 15.7. The molecule has 0 bridgehead atoms. The third kappa shape index (κ3) is 2.55. The highest BCUT2D eigenvalue weighted by atomic mass is 16.5. The van der Waals surface area contributed by atoms with Gasteiger partial charge in [-0.25, -0.2) is 9.98 Å². The van der Waals surface area contributed by atoms with Crippen LogP contribution in [-0.2, 0) is 0 Å². The molecule has 1 saturated carbocycles. The maximum Gasteiger partial charge on any atom is 0.220 e. The van der Waals surface area contributed by atoms with E-state index in [4.69, 9.17) is 21.2 Å². The molecule has 0 radical (unpaired) electrons. The summed E-state index contributed by atoms with van der Waals surface area (Å²) in [5.74, 6) is 1.37. The molecule has 1 aliphatic heterocycles. The molecule has 1 aromatic heterocycles. The van der Waals surface area contributed by atoms with Gasteiger partial charge in [-0.1, -0.05) is 6.42 Å². The highest BCUT2D eigenvalue weighted by Crippen LogP contribution is 2.42. The third-order valence-electron chi connectivity index (χ3n) is 5.25. The Balaban J connectivity index is 1.94. The SMILES string of the molecule is COc1ccc(N2C(N)=NC(N)=NC23CCCCC3)c2ccc(C)nc12. The summed E-state index contributed by atoms with van der Waals surface area (Å²) in [7, 11) is 1.66. The van der Waals surface area contributed by atoms with Crippen molar-refractivity contribution in [2.45, 2.75) is 44.7 Å². The van der Waals surface area contributed by atoms with Gasteiger partial charge >= 0.3 is 0 Å². The molecule has 1 aromatic carbocycles. The van der Waals surface area contributed by atoms with E-state index in [2.05, 4.69) is 16.0 Å². The number of guanidine groups is 2. The lowest BCUT2D eigenvalue weighted by Crippen LogP contribution is -2.58. The van der Waals surface area contributed by atoms with Crippen molar-refractivity contribution in [2.75, 3.05) is 12.0 Å². The number of aromatic nitrogens is 1. The molecule has 0 amide bonds. The number of aryl methyl sites for hydroxylation is 1. The van der Waals surface area contributed by atoms with E-state index in [1.807, 2.05) is 30.0 Å². The minimum absolute atomic E-state index is 0.257. The predicted octanol–water partition coefficient (Wildman–Crippen LogP) is 2.66. The molecular formula is C19H24N6O. The lowest BCUT2D eigenvalue weighted by atomic mass is 9.87. The molecule has 2 aromatic rings. The number of rotatable bonds is 2. The largest absolute Gasteiger partial charge is 0.494 e. The van der Waals surface area contributed by atoms with Gasteiger partial charge in [0.25, 0.3) is 0 Å². The van der Waals surface area contributed by atoms with Crippen molar-refractivity contribution < 1.29 is 4.74 Å². The minimum atomic E-state index is -0.472. The third-order valence-corrected chi connectivity index (χ3v) is 5.25. The fraction of sp³-hybridized carbons (Fsp3) is 0.421. The number of hydrogen-bond donors (Lipinski definition) is 2. The second kappa shape index (κ2) is 6.16. The molecule has 136 valence electrons. The van der Waals surface area contributed by atoms with Gasteiger partial charge in [-0.15, -0.1) is 0 Å². The Morgan fingerprint density at radius 1 is 1.08 bits per heavy atom. The number of anilines is 1. The Bertz CT molecular complexity index is 914. The van der Waals surface area contributed by atoms with Crippen LogP contribution in [0.4, 0.5) is 5.69 Å². The zero-order valence-corrected chi connectivity index (χ0v) is 15.2. The van der Waals surface area contributed by atoms with Gasteiger partial charge in [0.2, 0.25) is 11.9 Å². The summed E-state index contributed by atoms with van der Waals surface area (Å²) < 4.78 is 5.52. The van der Waals surface area contributed by atoms with E-state index in [0.29, 0.717) is 5.96 Å². The first-order valence-corrected chi connectivity index (χ1v) is 8.98. The first-order valence-electron chi connectivity index (χ1n) is 8.98. The van der Waals surface area contributed by atoms with E-state index in [-0.39, 0.29) is 5.96 Å². The number of methoxy groups -OCH3 is 1. The van der Waals surface area contributed by atoms with Crippen LogP contribution >= 0.6 is 0 Å². The number of fused-ring (bicyclic) bond motifs is 1. The van der Waals surface area contributed by atoms with Gasteiger partial charge in [0.15, 0.2) is 0 Å². The number of hydrogen-bond acceptors (Lipinski definition) is 7. The molecule has 2 aliphatic rings. The van der Waals surface area contributed by atoms with Crippen LogP contribution in [0, 0.1) is 6.92 Å². The van der Waals surface area contributed by atoms with Crippen LogP contribution in [0.25, 0.3) is 10.9 Å². The molecule has 0 unspecified atom stereocenters. The molecule has 0 saturated heterocycles. The number of benzene rings is 1. The number of nitrogens with zero attached hydrogens (tertiary/aromatic N) is 4. The van der Waals surface area contributed by atoms with Crippen LogP contribution in [0.5, 0.6) is 5.75 Å². The Morgan fingerprint density at radius 3 is 2.58 bits per heavy atom. The van der Waals surface area contributed by atoms with Crippen LogP contribution in [0.2, 0.25) is 0 Å². The summed E-state index contributed by atoms with van der Waals surface area (Å²) in [5, 5.41) is 0.966. The Labute approximate surface area is 152 Å². The second-order valence-electron chi connectivity index (χ2n) is 6.95. The van der Waals surface area contributed by atoms with Crippen molar-refractivity contribution in [3.05, 3.63) is 30.0 Å². The monoisotopic (exact) mass is 352 g/mol. The van der Waals surface area contributed by atoms with Gasteiger partial charge in [-0.05, 0) is 56.9 Å². The van der Waals surface area contributed by atoms with Gasteiger partial charge < -0.3 is 16.2 Å². The van der Waals surface area contributed by atoms with Crippen LogP contribution < -0.4 is 21.1 Å². The van der Waals surface area contributed by atoms with Gasteiger partial charge in [0, 0.05) is 11.1 Å². The number of pyridine rings is 1. The second-order valence-corrected chi connectivity index (χ2v) is 6.95. The highest BCUT2D eigenvalue weighted by molar-refractivity contribution is 6.10. The van der Waals surface area contributed by atoms with Crippen molar-refractivity contribution in [2.24, 2.45) is 21.5 Å². The molecule has 1 fully saturated rings. The summed E-state index contributed by atoms with van der Waals surface area (Å²) in [6, 6.07) is 7.98. The average Bonchev–Trinajstić information content (AvgIpc) is 2.61. The van der Waals surface area contributed by atoms with Gasteiger partial charge in [-0.3, -0.25) is 4.90 Å². The van der Waals surface area contributed by atoms with E-state index >= 15 is 0 Å². The molecule has 7 heteroatoms. The zero-order chi connectivity index (χ0) is 18.3. The first-order chi connectivity index (χ1) is 12.5. The minimum Gasteiger partial charge on any atom is -0.494 e. The molecule has 26 heavy (non-hydrogen) atoms. The first kappa shape index (κ1) is 16.6. The van der Waals surface area contributed by atoms with E-state index in [1.165, 1.54) is 6.42 Å². The van der Waals surface area contributed by atoms with Gasteiger partial charge in [0.05, 0.1) is 12.8 Å². The summed E-state index contributed by atoms with van der Waals surface area (Å²) in [6.45, 7) is 1.97. The van der Waals surface area contributed by atoms with E-state index < -0.39 is 5.66 Å². The maximum atomic E-state index is 6.36. The van der Waals surface area contributed by atoms with Crippen molar-refractivity contribution >= 4 is 28.5 Å². The number of aliphatic imine (C=N–C) groups is 2. The van der Waals surface area contributed by atoms with E-state index in [0.717, 1.165) is 53.7 Å². The van der Waals surface area contributed by atoms with Crippen LogP contribution in [0.15, 0.2) is 34.3 Å². The van der Waals surface area contributed by atoms with Crippen LogP contribution in [0.1, 0.15) is 37.8 Å². The Hall–Kier alpha value is -2.83. The normalized spacial score (nSPS) is 19.4. The molecule has 1 aliphatic carbocycles. The van der Waals surface area contributed by atoms with Crippen LogP contribution in [0.3, 0.4) is 0 Å². The molecule has 7 nitrogen and oxygen atoms in total. The van der Waals surface area contributed by atoms with E-state index in [9.17, 15) is 0 Å². The lowest BCUT2D eigenvalue weighted by molar-refractivity contribution is 0.306. The van der Waals surface area contributed by atoms with Gasteiger partial charge in [0.1, 0.15) is 16.9 Å². The highest BCUT2D eigenvalue weighted by Gasteiger charge is 2.43. The molecular weight excluding hydrogens is 328 g/mol. The quantitative estimate of drug-likeness (QED) is 0.865. The van der Waals surface area contributed by atoms with Crippen molar-refractivity contribution in [3.8, 4) is 5.75 Å². The van der Waals surface area contributed by atoms with Crippen LogP contribution in [-0.4, -0.2) is 29.7 Å². The van der Waals surface area contributed by atoms with Crippen molar-refractivity contribution in [1.29, 1.82) is 0 Å². The summed E-state index contributed by atoms with van der Waals surface area (Å²) in [5.41, 5.74) is 14.5. The molecule has 1 spiro atoms. The zero-order valence-electron chi connectivity index (χ0n) is 15.2.